The molecule has 0 radical (unpaired) electrons. The minimum Gasteiger partial charge on any atom is -0.384 e. The van der Waals surface area contributed by atoms with Gasteiger partial charge in [0, 0.05) is 61.7 Å². The van der Waals surface area contributed by atoms with E-state index in [-0.39, 0.29) is 5.56 Å². The molecule has 3 heterocycles. The Morgan fingerprint density at radius 1 is 1.06 bits per heavy atom. The number of hydrogen-bond donors (Lipinski definition) is 4. The van der Waals surface area contributed by atoms with Gasteiger partial charge >= 0.3 is 0 Å². The lowest BCUT2D eigenvalue weighted by molar-refractivity contribution is 0.102. The van der Waals surface area contributed by atoms with Crippen molar-refractivity contribution in [3.63, 3.8) is 0 Å². The van der Waals surface area contributed by atoms with Crippen LogP contribution in [0.3, 0.4) is 0 Å². The summed E-state index contributed by atoms with van der Waals surface area (Å²) in [6.45, 7) is 3.98. The van der Waals surface area contributed by atoms with Crippen molar-refractivity contribution in [1.29, 1.82) is 0 Å². The van der Waals surface area contributed by atoms with Gasteiger partial charge in [-0.3, -0.25) is 9.59 Å². The Morgan fingerprint density at radius 2 is 1.81 bits per heavy atom. The number of aromatic nitrogens is 2. The Morgan fingerprint density at radius 3 is 2.52 bits per heavy atom. The predicted molar refractivity (Wildman–Crippen MR) is 123 cm³/mol. The number of anilines is 5. The molecule has 1 saturated heterocycles. The first-order chi connectivity index (χ1) is 15.0. The standard InChI is InChI=1S/C22H25N7O2/c1-28-10-12-29(13-11-28)17-4-2-15(3-5-17)27-22(31)20-18(7-9-25-21(20)30)26-16-6-8-24-19(23)14-16/h2-9,14H,10-13H2,1H3,(H,27,31)(H4,23,24,25,26,30). The van der Waals surface area contributed by atoms with Crippen molar-refractivity contribution in [3.05, 3.63) is 70.8 Å². The van der Waals surface area contributed by atoms with E-state index in [1.807, 2.05) is 24.3 Å². The number of piperazine rings is 1. The molecule has 1 amide bonds. The summed E-state index contributed by atoms with van der Waals surface area (Å²) in [5.74, 6) is -0.167. The van der Waals surface area contributed by atoms with Crippen LogP contribution in [0, 0.1) is 0 Å². The van der Waals surface area contributed by atoms with Crippen LogP contribution in [0.1, 0.15) is 10.4 Å². The summed E-state index contributed by atoms with van der Waals surface area (Å²) < 4.78 is 0. The average Bonchev–Trinajstić information content (AvgIpc) is 2.75. The smallest absolute Gasteiger partial charge is 0.263 e. The first-order valence-corrected chi connectivity index (χ1v) is 10.0. The van der Waals surface area contributed by atoms with Gasteiger partial charge in [0.25, 0.3) is 11.5 Å². The Kier molecular flexibility index (Phi) is 5.85. The number of aromatic amines is 1. The van der Waals surface area contributed by atoms with Crippen molar-refractivity contribution in [2.24, 2.45) is 0 Å². The molecule has 0 atom stereocenters. The summed E-state index contributed by atoms with van der Waals surface area (Å²) in [6, 6.07) is 12.6. The molecule has 9 nitrogen and oxygen atoms in total. The fourth-order valence-electron chi connectivity index (χ4n) is 3.50. The Labute approximate surface area is 179 Å². The normalized spacial score (nSPS) is 14.3. The number of carbonyl (C=O) groups excluding carboxylic acids is 1. The molecule has 31 heavy (non-hydrogen) atoms. The van der Waals surface area contributed by atoms with Crippen LogP contribution in [-0.4, -0.2) is 54.0 Å². The summed E-state index contributed by atoms with van der Waals surface area (Å²) in [5, 5.41) is 5.88. The highest BCUT2D eigenvalue weighted by molar-refractivity contribution is 6.08. The second-order valence-corrected chi connectivity index (χ2v) is 7.48. The monoisotopic (exact) mass is 419 g/mol. The van der Waals surface area contributed by atoms with Crippen LogP contribution in [0.15, 0.2) is 59.7 Å². The van der Waals surface area contributed by atoms with E-state index in [1.54, 1.807) is 24.4 Å². The van der Waals surface area contributed by atoms with Crippen molar-refractivity contribution >= 4 is 34.5 Å². The molecule has 0 saturated carbocycles. The number of carbonyl (C=O) groups is 1. The summed E-state index contributed by atoms with van der Waals surface area (Å²) in [7, 11) is 2.12. The van der Waals surface area contributed by atoms with E-state index in [9.17, 15) is 9.59 Å². The van der Waals surface area contributed by atoms with Crippen molar-refractivity contribution in [3.8, 4) is 0 Å². The second kappa shape index (κ2) is 8.88. The predicted octanol–water partition coefficient (Wildman–Crippen LogP) is 2.10. The number of nitrogen functional groups attached to an aromatic ring is 1. The third-order valence-corrected chi connectivity index (χ3v) is 5.24. The molecule has 1 aromatic carbocycles. The van der Waals surface area contributed by atoms with Gasteiger partial charge in [0.2, 0.25) is 0 Å². The molecule has 1 fully saturated rings. The van der Waals surface area contributed by atoms with Gasteiger partial charge in [-0.1, -0.05) is 0 Å². The number of rotatable bonds is 5. The van der Waals surface area contributed by atoms with E-state index in [4.69, 9.17) is 5.73 Å². The van der Waals surface area contributed by atoms with Crippen LogP contribution in [0.4, 0.5) is 28.6 Å². The zero-order valence-electron chi connectivity index (χ0n) is 17.3. The molecule has 5 N–H and O–H groups in total. The number of benzene rings is 1. The first kappa shape index (κ1) is 20.4. The molecule has 1 aliphatic heterocycles. The van der Waals surface area contributed by atoms with Crippen LogP contribution >= 0.6 is 0 Å². The molecule has 0 bridgehead atoms. The van der Waals surface area contributed by atoms with Crippen molar-refractivity contribution in [2.45, 2.75) is 0 Å². The molecule has 0 spiro atoms. The summed E-state index contributed by atoms with van der Waals surface area (Å²) >= 11 is 0. The summed E-state index contributed by atoms with van der Waals surface area (Å²) in [6.07, 6.45) is 3.03. The van der Waals surface area contributed by atoms with Crippen LogP contribution in [0.2, 0.25) is 0 Å². The van der Waals surface area contributed by atoms with Gasteiger partial charge in [-0.25, -0.2) is 4.98 Å². The second-order valence-electron chi connectivity index (χ2n) is 7.48. The van der Waals surface area contributed by atoms with E-state index in [1.165, 1.54) is 6.20 Å². The minimum atomic E-state index is -0.501. The van der Waals surface area contributed by atoms with Gasteiger partial charge < -0.3 is 31.2 Å². The Balaban J connectivity index is 1.50. The molecule has 0 unspecified atom stereocenters. The fraction of sp³-hybridized carbons (Fsp3) is 0.227. The zero-order valence-corrected chi connectivity index (χ0v) is 17.3. The van der Waals surface area contributed by atoms with E-state index in [0.717, 1.165) is 31.9 Å². The molecular formula is C22H25N7O2. The Hall–Kier alpha value is -3.85. The number of H-pyrrole nitrogens is 1. The fourth-order valence-corrected chi connectivity index (χ4v) is 3.50. The van der Waals surface area contributed by atoms with Gasteiger partial charge in [-0.2, -0.15) is 0 Å². The van der Waals surface area contributed by atoms with Crippen LogP contribution in [0.5, 0.6) is 0 Å². The van der Waals surface area contributed by atoms with Gasteiger partial charge in [0.1, 0.15) is 11.4 Å². The molecule has 1 aliphatic rings. The molecule has 2 aromatic heterocycles. The maximum Gasteiger partial charge on any atom is 0.263 e. The topological polar surface area (TPSA) is 119 Å². The SMILES string of the molecule is CN1CCN(c2ccc(NC(=O)c3c(Nc4ccnc(N)c4)cc[nH]c3=O)cc2)CC1. The highest BCUT2D eigenvalue weighted by Crippen LogP contribution is 2.22. The third-order valence-electron chi connectivity index (χ3n) is 5.24. The van der Waals surface area contributed by atoms with Crippen molar-refractivity contribution in [1.82, 2.24) is 14.9 Å². The van der Waals surface area contributed by atoms with Crippen LogP contribution in [0.25, 0.3) is 0 Å². The number of likely N-dealkylation sites (N-methyl/N-ethyl adjacent to an activating group) is 1. The lowest BCUT2D eigenvalue weighted by Crippen LogP contribution is -2.44. The third kappa shape index (κ3) is 4.84. The Bertz CT molecular complexity index is 1120. The highest BCUT2D eigenvalue weighted by Gasteiger charge is 2.18. The van der Waals surface area contributed by atoms with Gasteiger partial charge in [0.05, 0.1) is 5.69 Å². The quantitative estimate of drug-likeness (QED) is 0.500. The molecular weight excluding hydrogens is 394 g/mol. The van der Waals surface area contributed by atoms with Gasteiger partial charge in [-0.15, -0.1) is 0 Å². The molecule has 4 rings (SSSR count). The molecule has 160 valence electrons. The zero-order chi connectivity index (χ0) is 21.8. The summed E-state index contributed by atoms with van der Waals surface area (Å²) in [4.78, 5) is 36.4. The van der Waals surface area contributed by atoms with E-state index < -0.39 is 11.5 Å². The van der Waals surface area contributed by atoms with E-state index in [2.05, 4.69) is 37.4 Å². The number of nitrogens with two attached hydrogens (primary N) is 1. The van der Waals surface area contributed by atoms with Crippen molar-refractivity contribution < 1.29 is 4.79 Å². The van der Waals surface area contributed by atoms with E-state index in [0.29, 0.717) is 22.9 Å². The van der Waals surface area contributed by atoms with Crippen LogP contribution in [-0.2, 0) is 0 Å². The van der Waals surface area contributed by atoms with E-state index >= 15 is 0 Å². The highest BCUT2D eigenvalue weighted by atomic mass is 16.2. The molecule has 0 aliphatic carbocycles. The van der Waals surface area contributed by atoms with Crippen molar-refractivity contribution in [2.75, 3.05) is 54.5 Å². The first-order valence-electron chi connectivity index (χ1n) is 10.0. The number of hydrogen-bond acceptors (Lipinski definition) is 7. The maximum atomic E-state index is 12.9. The summed E-state index contributed by atoms with van der Waals surface area (Å²) in [5.41, 5.74) is 7.94. The maximum absolute atomic E-state index is 12.9. The van der Waals surface area contributed by atoms with Gasteiger partial charge in [0.15, 0.2) is 0 Å². The minimum absolute atomic E-state index is 0.0129. The number of pyridine rings is 2. The number of nitrogens with zero attached hydrogens (tertiary/aromatic N) is 3. The number of nitrogens with one attached hydrogen (secondary N) is 3. The molecule has 9 heteroatoms. The largest absolute Gasteiger partial charge is 0.384 e. The lowest BCUT2D eigenvalue weighted by atomic mass is 10.2. The lowest BCUT2D eigenvalue weighted by Gasteiger charge is -2.34. The van der Waals surface area contributed by atoms with Crippen LogP contribution < -0.4 is 26.8 Å². The average molecular weight is 419 g/mol. The molecule has 3 aromatic rings. The van der Waals surface area contributed by atoms with Gasteiger partial charge in [-0.05, 0) is 43.4 Å². The number of amides is 1.